The van der Waals surface area contributed by atoms with Crippen LogP contribution in [0.25, 0.3) is 5.65 Å². The fraction of sp³-hybridized carbons (Fsp3) is 0.294. The minimum Gasteiger partial charge on any atom is -0.352 e. The van der Waals surface area contributed by atoms with Crippen molar-refractivity contribution in [2.24, 2.45) is 4.40 Å². The first-order valence-electron chi connectivity index (χ1n) is 8.65. The fourth-order valence-electron chi connectivity index (χ4n) is 3.60. The Bertz CT molecular complexity index is 1180. The van der Waals surface area contributed by atoms with Gasteiger partial charge in [-0.15, -0.1) is 14.6 Å². The Labute approximate surface area is 156 Å². The van der Waals surface area contributed by atoms with E-state index in [1.807, 2.05) is 34.6 Å². The summed E-state index contributed by atoms with van der Waals surface area (Å²) in [6, 6.07) is 6.98. The van der Waals surface area contributed by atoms with Crippen LogP contribution in [0.3, 0.4) is 0 Å². The number of fused-ring (bicyclic) bond motifs is 2. The van der Waals surface area contributed by atoms with Crippen molar-refractivity contribution in [1.82, 2.24) is 24.5 Å². The molecule has 1 aromatic carbocycles. The van der Waals surface area contributed by atoms with Crippen molar-refractivity contribution in [2.75, 3.05) is 31.1 Å². The SMILES string of the molecule is Cc1nnc2c(N3CCN(C4=NS(=O)(=O)c5ccccc54)CC3)nccn12. The van der Waals surface area contributed by atoms with Crippen molar-refractivity contribution >= 4 is 27.3 Å². The zero-order valence-electron chi connectivity index (χ0n) is 14.6. The molecule has 1 fully saturated rings. The van der Waals surface area contributed by atoms with Gasteiger partial charge in [-0.3, -0.25) is 4.40 Å². The van der Waals surface area contributed by atoms with Crippen LogP contribution in [0.4, 0.5) is 5.82 Å². The minimum atomic E-state index is -3.60. The second-order valence-corrected chi connectivity index (χ2v) is 8.12. The normalized spacial score (nSPS) is 18.6. The molecule has 27 heavy (non-hydrogen) atoms. The van der Waals surface area contributed by atoms with Crippen LogP contribution in [0.2, 0.25) is 0 Å². The number of anilines is 1. The molecule has 2 aromatic heterocycles. The molecule has 0 spiro atoms. The summed E-state index contributed by atoms with van der Waals surface area (Å²) in [6.07, 6.45) is 3.59. The van der Waals surface area contributed by atoms with Gasteiger partial charge in [-0.25, -0.2) is 4.98 Å². The number of rotatable bonds is 1. The Morgan fingerprint density at radius 2 is 1.74 bits per heavy atom. The number of benzene rings is 1. The van der Waals surface area contributed by atoms with Crippen LogP contribution in [0, 0.1) is 6.92 Å². The van der Waals surface area contributed by atoms with Crippen LogP contribution < -0.4 is 4.90 Å². The van der Waals surface area contributed by atoms with Gasteiger partial charge in [0.05, 0.1) is 0 Å². The Morgan fingerprint density at radius 1 is 1.00 bits per heavy atom. The maximum Gasteiger partial charge on any atom is 0.285 e. The maximum absolute atomic E-state index is 12.3. The van der Waals surface area contributed by atoms with E-state index in [2.05, 4.69) is 24.5 Å². The molecule has 0 atom stereocenters. The van der Waals surface area contributed by atoms with Gasteiger partial charge in [0.2, 0.25) is 5.65 Å². The topological polar surface area (TPSA) is 96.1 Å². The van der Waals surface area contributed by atoms with E-state index in [9.17, 15) is 8.42 Å². The lowest BCUT2D eigenvalue weighted by Gasteiger charge is -2.36. The van der Waals surface area contributed by atoms with Crippen molar-refractivity contribution in [1.29, 1.82) is 0 Å². The first kappa shape index (κ1) is 16.2. The van der Waals surface area contributed by atoms with Crippen molar-refractivity contribution in [3.63, 3.8) is 0 Å². The maximum atomic E-state index is 12.3. The van der Waals surface area contributed by atoms with Gasteiger partial charge in [-0.1, -0.05) is 12.1 Å². The summed E-state index contributed by atoms with van der Waals surface area (Å²) in [4.78, 5) is 8.94. The number of hydrogen-bond donors (Lipinski definition) is 0. The third-order valence-electron chi connectivity index (χ3n) is 4.97. The summed E-state index contributed by atoms with van der Waals surface area (Å²) >= 11 is 0. The highest BCUT2D eigenvalue weighted by Crippen LogP contribution is 2.28. The highest BCUT2D eigenvalue weighted by atomic mass is 32.2. The quantitative estimate of drug-likeness (QED) is 0.610. The molecule has 0 amide bonds. The highest BCUT2D eigenvalue weighted by molar-refractivity contribution is 7.90. The average molecular weight is 383 g/mol. The molecule has 0 aliphatic carbocycles. The van der Waals surface area contributed by atoms with Gasteiger partial charge >= 0.3 is 0 Å². The summed E-state index contributed by atoms with van der Waals surface area (Å²) in [5.74, 6) is 2.14. The number of sulfonamides is 1. The molecule has 0 unspecified atom stereocenters. The predicted octanol–water partition coefficient (Wildman–Crippen LogP) is 0.704. The number of piperazine rings is 1. The van der Waals surface area contributed by atoms with E-state index < -0.39 is 10.0 Å². The summed E-state index contributed by atoms with van der Waals surface area (Å²) < 4.78 is 30.5. The molecule has 9 nitrogen and oxygen atoms in total. The lowest BCUT2D eigenvalue weighted by Crippen LogP contribution is -2.49. The molecule has 0 bridgehead atoms. The van der Waals surface area contributed by atoms with E-state index in [0.717, 1.165) is 17.3 Å². The van der Waals surface area contributed by atoms with Crippen LogP contribution in [-0.2, 0) is 10.0 Å². The number of aromatic nitrogens is 4. The lowest BCUT2D eigenvalue weighted by molar-refractivity contribution is 0.386. The third kappa shape index (κ3) is 2.47. The summed E-state index contributed by atoms with van der Waals surface area (Å²) in [6.45, 7) is 4.59. The molecule has 0 saturated carbocycles. The molecule has 2 aliphatic rings. The largest absolute Gasteiger partial charge is 0.352 e. The first-order valence-corrected chi connectivity index (χ1v) is 10.1. The van der Waals surface area contributed by atoms with Gasteiger partial charge in [-0.2, -0.15) is 8.42 Å². The van der Waals surface area contributed by atoms with Gasteiger partial charge in [0, 0.05) is 44.1 Å². The standard InChI is InChI=1S/C17H17N7O2S/c1-12-19-20-17-16(18-6-7-24(12)17)23-10-8-22(9-11-23)15-13-4-2-3-5-14(13)27(25,26)21-15/h2-7H,8-11H2,1H3. The minimum absolute atomic E-state index is 0.285. The van der Waals surface area contributed by atoms with Gasteiger partial charge in [0.25, 0.3) is 10.0 Å². The molecule has 10 heteroatoms. The van der Waals surface area contributed by atoms with Crippen LogP contribution in [-0.4, -0.2) is 64.9 Å². The second kappa shape index (κ2) is 5.74. The van der Waals surface area contributed by atoms with Crippen molar-refractivity contribution in [3.05, 3.63) is 48.0 Å². The number of aryl methyl sites for hydroxylation is 1. The number of hydrogen-bond acceptors (Lipinski definition) is 7. The van der Waals surface area contributed by atoms with E-state index in [1.54, 1.807) is 18.3 Å². The zero-order chi connectivity index (χ0) is 18.6. The Morgan fingerprint density at radius 3 is 2.56 bits per heavy atom. The second-order valence-electron chi connectivity index (χ2n) is 6.55. The Kier molecular flexibility index (Phi) is 3.44. The molecular weight excluding hydrogens is 366 g/mol. The van der Waals surface area contributed by atoms with Crippen molar-refractivity contribution < 1.29 is 8.42 Å². The van der Waals surface area contributed by atoms with Crippen LogP contribution in [0.5, 0.6) is 0 Å². The van der Waals surface area contributed by atoms with Crippen LogP contribution in [0.1, 0.15) is 11.4 Å². The van der Waals surface area contributed by atoms with E-state index in [1.165, 1.54) is 0 Å². The fourth-order valence-corrected chi connectivity index (χ4v) is 4.83. The van der Waals surface area contributed by atoms with Crippen molar-refractivity contribution in [3.8, 4) is 0 Å². The van der Waals surface area contributed by atoms with E-state index >= 15 is 0 Å². The summed E-state index contributed by atoms with van der Waals surface area (Å²) in [5.41, 5.74) is 1.41. The van der Waals surface area contributed by atoms with Gasteiger partial charge in [0.1, 0.15) is 10.7 Å². The first-order chi connectivity index (χ1) is 13.0. The molecule has 138 valence electrons. The average Bonchev–Trinajstić information content (AvgIpc) is 3.20. The smallest absolute Gasteiger partial charge is 0.285 e. The van der Waals surface area contributed by atoms with Crippen LogP contribution in [0.15, 0.2) is 46.0 Å². The molecule has 3 aromatic rings. The number of nitrogens with zero attached hydrogens (tertiary/aromatic N) is 7. The Balaban J connectivity index is 1.41. The molecular formula is C17H17N7O2S. The van der Waals surface area contributed by atoms with Gasteiger partial charge in [-0.05, 0) is 19.1 Å². The van der Waals surface area contributed by atoms with Gasteiger partial charge < -0.3 is 9.80 Å². The molecule has 0 radical (unpaired) electrons. The molecule has 5 rings (SSSR count). The molecule has 1 saturated heterocycles. The zero-order valence-corrected chi connectivity index (χ0v) is 15.5. The Hall–Kier alpha value is -3.01. The summed E-state index contributed by atoms with van der Waals surface area (Å²) in [5, 5.41) is 8.35. The van der Waals surface area contributed by atoms with E-state index in [-0.39, 0.29) is 4.90 Å². The number of amidine groups is 1. The third-order valence-corrected chi connectivity index (χ3v) is 6.30. The predicted molar refractivity (Wildman–Crippen MR) is 99.5 cm³/mol. The van der Waals surface area contributed by atoms with Crippen LogP contribution >= 0.6 is 0 Å². The molecule has 4 heterocycles. The van der Waals surface area contributed by atoms with E-state index in [0.29, 0.717) is 37.6 Å². The highest BCUT2D eigenvalue weighted by Gasteiger charge is 2.33. The monoisotopic (exact) mass is 383 g/mol. The lowest BCUT2D eigenvalue weighted by atomic mass is 10.1. The molecule has 2 aliphatic heterocycles. The molecule has 0 N–H and O–H groups in total. The van der Waals surface area contributed by atoms with Crippen molar-refractivity contribution in [2.45, 2.75) is 11.8 Å². The summed E-state index contributed by atoms with van der Waals surface area (Å²) in [7, 11) is -3.60. The van der Waals surface area contributed by atoms with E-state index in [4.69, 9.17) is 0 Å². The van der Waals surface area contributed by atoms with Gasteiger partial charge in [0.15, 0.2) is 11.7 Å².